The van der Waals surface area contributed by atoms with Crippen LogP contribution in [0.3, 0.4) is 0 Å². The van der Waals surface area contributed by atoms with Crippen LogP contribution in [0.2, 0.25) is 0 Å². The molecule has 5 heteroatoms. The van der Waals surface area contributed by atoms with Crippen LogP contribution in [0.15, 0.2) is 6.20 Å². The summed E-state index contributed by atoms with van der Waals surface area (Å²) in [7, 11) is 1.83. The molecule has 0 atom stereocenters. The minimum Gasteiger partial charge on any atom is -0.275 e. The van der Waals surface area contributed by atoms with E-state index in [4.69, 9.17) is 4.84 Å². The fourth-order valence-corrected chi connectivity index (χ4v) is 1.94. The molecule has 1 aromatic rings. The van der Waals surface area contributed by atoms with Gasteiger partial charge in [-0.2, -0.15) is 5.10 Å². The molecule has 1 aliphatic rings. The van der Waals surface area contributed by atoms with Crippen LogP contribution in [0.1, 0.15) is 43.2 Å². The molecule has 0 bridgehead atoms. The van der Waals surface area contributed by atoms with Gasteiger partial charge in [-0.1, -0.05) is 20.8 Å². The molecule has 0 aliphatic carbocycles. The monoisotopic (exact) mass is 237 g/mol. The zero-order chi connectivity index (χ0) is 12.6. The second-order valence-corrected chi connectivity index (χ2v) is 5.41. The van der Waals surface area contributed by atoms with Crippen molar-refractivity contribution in [2.75, 3.05) is 13.2 Å². The Morgan fingerprint density at radius 3 is 2.71 bits per heavy atom. The normalized spacial score (nSPS) is 16.6. The van der Waals surface area contributed by atoms with E-state index in [-0.39, 0.29) is 11.3 Å². The van der Waals surface area contributed by atoms with Crippen molar-refractivity contribution in [3.05, 3.63) is 17.5 Å². The fourth-order valence-electron chi connectivity index (χ4n) is 1.94. The minimum atomic E-state index is -0.147. The molecule has 0 spiro atoms. The highest BCUT2D eigenvalue weighted by atomic mass is 16.7. The largest absolute Gasteiger partial charge is 0.280 e. The van der Waals surface area contributed by atoms with E-state index >= 15 is 0 Å². The van der Waals surface area contributed by atoms with E-state index in [1.54, 1.807) is 10.9 Å². The summed E-state index contributed by atoms with van der Waals surface area (Å²) in [6, 6.07) is 0. The maximum Gasteiger partial charge on any atom is 0.280 e. The summed E-state index contributed by atoms with van der Waals surface area (Å²) in [5, 5.41) is 5.82. The SMILES string of the molecule is Cn1cc(C(=O)N2CCCO2)c(C(C)(C)C)n1. The first-order valence-corrected chi connectivity index (χ1v) is 5.88. The Morgan fingerprint density at radius 1 is 1.47 bits per heavy atom. The highest BCUT2D eigenvalue weighted by Crippen LogP contribution is 2.25. The third-order valence-electron chi connectivity index (χ3n) is 2.75. The molecule has 1 fully saturated rings. The smallest absolute Gasteiger partial charge is 0.275 e. The molecule has 0 radical (unpaired) electrons. The Labute approximate surface area is 101 Å². The zero-order valence-corrected chi connectivity index (χ0v) is 10.9. The van der Waals surface area contributed by atoms with E-state index in [1.807, 2.05) is 7.05 Å². The summed E-state index contributed by atoms with van der Waals surface area (Å²) in [6.45, 7) is 7.44. The number of amides is 1. The molecule has 2 heterocycles. The number of aryl methyl sites for hydroxylation is 1. The summed E-state index contributed by atoms with van der Waals surface area (Å²) >= 11 is 0. The number of hydrogen-bond acceptors (Lipinski definition) is 3. The van der Waals surface area contributed by atoms with Crippen molar-refractivity contribution >= 4 is 5.91 Å². The predicted molar refractivity (Wildman–Crippen MR) is 63.5 cm³/mol. The van der Waals surface area contributed by atoms with Gasteiger partial charge in [0, 0.05) is 18.7 Å². The molecule has 1 amide bonds. The molecule has 0 N–H and O–H groups in total. The fraction of sp³-hybridized carbons (Fsp3) is 0.667. The van der Waals surface area contributed by atoms with Crippen LogP contribution in [0, 0.1) is 0 Å². The lowest BCUT2D eigenvalue weighted by atomic mass is 9.89. The van der Waals surface area contributed by atoms with Crippen LogP contribution in [0.4, 0.5) is 0 Å². The molecule has 5 nitrogen and oxygen atoms in total. The summed E-state index contributed by atoms with van der Waals surface area (Å²) in [5.74, 6) is -0.0828. The van der Waals surface area contributed by atoms with Gasteiger partial charge in [0.25, 0.3) is 5.91 Å². The van der Waals surface area contributed by atoms with E-state index in [9.17, 15) is 4.79 Å². The maximum absolute atomic E-state index is 12.3. The Bertz CT molecular complexity index is 425. The van der Waals surface area contributed by atoms with Gasteiger partial charge in [0.05, 0.1) is 24.4 Å². The molecule has 2 rings (SSSR count). The lowest BCUT2D eigenvalue weighted by molar-refractivity contribution is -0.0769. The van der Waals surface area contributed by atoms with Crippen LogP contribution < -0.4 is 0 Å². The second-order valence-electron chi connectivity index (χ2n) is 5.41. The highest BCUT2D eigenvalue weighted by Gasteiger charge is 2.30. The molecule has 0 saturated carbocycles. The molecular formula is C12H19N3O2. The molecule has 1 saturated heterocycles. The van der Waals surface area contributed by atoms with Crippen LogP contribution in [-0.4, -0.2) is 33.9 Å². The van der Waals surface area contributed by atoms with Gasteiger partial charge in [-0.15, -0.1) is 0 Å². The lowest BCUT2D eigenvalue weighted by Crippen LogP contribution is -2.28. The van der Waals surface area contributed by atoms with Crippen molar-refractivity contribution in [2.24, 2.45) is 7.05 Å². The number of carbonyl (C=O) groups is 1. The molecule has 0 aromatic carbocycles. The van der Waals surface area contributed by atoms with E-state index in [1.165, 1.54) is 5.06 Å². The van der Waals surface area contributed by atoms with E-state index in [0.717, 1.165) is 12.1 Å². The average molecular weight is 237 g/mol. The first kappa shape index (κ1) is 12.1. The molecule has 1 aromatic heterocycles. The first-order chi connectivity index (χ1) is 7.89. The van der Waals surface area contributed by atoms with Crippen molar-refractivity contribution in [2.45, 2.75) is 32.6 Å². The van der Waals surface area contributed by atoms with Crippen molar-refractivity contribution in [1.29, 1.82) is 0 Å². The summed E-state index contributed by atoms with van der Waals surface area (Å²) in [5.41, 5.74) is 1.31. The summed E-state index contributed by atoms with van der Waals surface area (Å²) < 4.78 is 1.68. The topological polar surface area (TPSA) is 47.4 Å². The molecule has 0 unspecified atom stereocenters. The Morgan fingerprint density at radius 2 is 2.18 bits per heavy atom. The van der Waals surface area contributed by atoms with Crippen LogP contribution >= 0.6 is 0 Å². The number of carbonyl (C=O) groups excluding carboxylic acids is 1. The van der Waals surface area contributed by atoms with Crippen molar-refractivity contribution < 1.29 is 9.63 Å². The lowest BCUT2D eigenvalue weighted by Gasteiger charge is -2.19. The van der Waals surface area contributed by atoms with E-state index in [0.29, 0.717) is 18.7 Å². The van der Waals surface area contributed by atoms with Gasteiger partial charge in [-0.25, -0.2) is 5.06 Å². The van der Waals surface area contributed by atoms with Crippen molar-refractivity contribution in [1.82, 2.24) is 14.8 Å². The molecule has 94 valence electrons. The van der Waals surface area contributed by atoms with Gasteiger partial charge < -0.3 is 0 Å². The van der Waals surface area contributed by atoms with Gasteiger partial charge in [-0.05, 0) is 6.42 Å². The van der Waals surface area contributed by atoms with Gasteiger partial charge in [0.15, 0.2) is 0 Å². The van der Waals surface area contributed by atoms with Crippen LogP contribution in [-0.2, 0) is 17.3 Å². The van der Waals surface area contributed by atoms with Crippen molar-refractivity contribution in [3.8, 4) is 0 Å². The van der Waals surface area contributed by atoms with Crippen LogP contribution in [0.25, 0.3) is 0 Å². The Balaban J connectivity index is 2.34. The number of hydrogen-bond donors (Lipinski definition) is 0. The molecule has 1 aliphatic heterocycles. The average Bonchev–Trinajstić information content (AvgIpc) is 2.83. The molecule has 17 heavy (non-hydrogen) atoms. The third-order valence-corrected chi connectivity index (χ3v) is 2.75. The Kier molecular flexibility index (Phi) is 2.95. The second kappa shape index (κ2) is 4.14. The first-order valence-electron chi connectivity index (χ1n) is 5.88. The van der Waals surface area contributed by atoms with E-state index < -0.39 is 0 Å². The van der Waals surface area contributed by atoms with Gasteiger partial charge in [0.2, 0.25) is 0 Å². The van der Waals surface area contributed by atoms with Gasteiger partial charge >= 0.3 is 0 Å². The molecular weight excluding hydrogens is 218 g/mol. The Hall–Kier alpha value is -1.36. The quantitative estimate of drug-likeness (QED) is 0.743. The number of aromatic nitrogens is 2. The van der Waals surface area contributed by atoms with E-state index in [2.05, 4.69) is 25.9 Å². The summed E-state index contributed by atoms with van der Waals surface area (Å²) in [4.78, 5) is 17.6. The number of hydroxylamine groups is 2. The van der Waals surface area contributed by atoms with Gasteiger partial charge in [-0.3, -0.25) is 14.3 Å². The maximum atomic E-state index is 12.3. The number of rotatable bonds is 1. The minimum absolute atomic E-state index is 0.0828. The van der Waals surface area contributed by atoms with Crippen LogP contribution in [0.5, 0.6) is 0 Å². The number of nitrogens with zero attached hydrogens (tertiary/aromatic N) is 3. The predicted octanol–water partition coefficient (Wildman–Crippen LogP) is 1.50. The van der Waals surface area contributed by atoms with Crippen molar-refractivity contribution in [3.63, 3.8) is 0 Å². The van der Waals surface area contributed by atoms with Gasteiger partial charge in [0.1, 0.15) is 0 Å². The standard InChI is InChI=1S/C12H19N3O2/c1-12(2,3)10-9(8-14(4)13-10)11(16)15-6-5-7-17-15/h8H,5-7H2,1-4H3. The third kappa shape index (κ3) is 2.34. The highest BCUT2D eigenvalue weighted by molar-refractivity contribution is 5.94. The summed E-state index contributed by atoms with van der Waals surface area (Å²) in [6.07, 6.45) is 2.67. The zero-order valence-electron chi connectivity index (χ0n) is 10.9.